The van der Waals surface area contributed by atoms with Gasteiger partial charge in [-0.1, -0.05) is 15.9 Å². The number of nitro benzene ring substituents is 1. The molecule has 0 saturated carbocycles. The van der Waals surface area contributed by atoms with E-state index in [1.165, 1.54) is 0 Å². The molecule has 25 heavy (non-hydrogen) atoms. The molecule has 1 atom stereocenters. The van der Waals surface area contributed by atoms with E-state index < -0.39 is 11.1 Å². The molecule has 2 heterocycles. The van der Waals surface area contributed by atoms with E-state index in [0.717, 1.165) is 27.0 Å². The number of nitro groups is 1. The Labute approximate surface area is 154 Å². The smallest absolute Gasteiger partial charge is 0.269 e. The van der Waals surface area contributed by atoms with Crippen LogP contribution in [0.3, 0.4) is 0 Å². The first-order valence-electron chi connectivity index (χ1n) is 7.97. The summed E-state index contributed by atoms with van der Waals surface area (Å²) < 4.78 is 7.49. The topological polar surface area (TPSA) is 55.6 Å². The molecule has 2 aromatic rings. The zero-order chi connectivity index (χ0) is 18.0. The third kappa shape index (κ3) is 2.07. The van der Waals surface area contributed by atoms with E-state index in [4.69, 9.17) is 4.74 Å². The second kappa shape index (κ2) is 5.08. The molecule has 2 aromatic carbocycles. The van der Waals surface area contributed by atoms with Gasteiger partial charge < -0.3 is 9.64 Å². The van der Waals surface area contributed by atoms with Crippen LogP contribution in [0.2, 0.25) is 0 Å². The molecular formula is C19H17BrN2O3. The van der Waals surface area contributed by atoms with Gasteiger partial charge in [-0.2, -0.15) is 0 Å². The van der Waals surface area contributed by atoms with Gasteiger partial charge in [-0.3, -0.25) is 10.1 Å². The van der Waals surface area contributed by atoms with Gasteiger partial charge in [0.15, 0.2) is 0 Å². The Balaban J connectivity index is 1.87. The second-order valence-corrected chi connectivity index (χ2v) is 7.87. The van der Waals surface area contributed by atoms with Crippen LogP contribution < -0.4 is 9.64 Å². The van der Waals surface area contributed by atoms with Crippen LogP contribution in [-0.4, -0.2) is 17.7 Å². The molecule has 0 aromatic heterocycles. The number of nitrogens with zero attached hydrogens (tertiary/aromatic N) is 2. The highest BCUT2D eigenvalue weighted by molar-refractivity contribution is 9.10. The van der Waals surface area contributed by atoms with E-state index in [1.54, 1.807) is 18.2 Å². The minimum Gasteiger partial charge on any atom is -0.463 e. The predicted octanol–water partition coefficient (Wildman–Crippen LogP) is 4.89. The highest BCUT2D eigenvalue weighted by Crippen LogP contribution is 2.54. The SMILES string of the molecule is CN1c2ccc([N+](=O)[O-])cc2C(C)(C)C12C=Cc1cc(Br)ccc1O2. The molecule has 1 unspecified atom stereocenters. The Morgan fingerprint density at radius 3 is 2.68 bits per heavy atom. The molecule has 0 amide bonds. The standard InChI is InChI=1S/C19H17BrN2O3/c1-18(2)15-11-14(22(23)24)5-6-16(15)21(3)19(18)9-8-12-10-13(20)4-7-17(12)25-19/h4-11H,1-3H3. The fourth-order valence-electron chi connectivity index (χ4n) is 3.88. The Morgan fingerprint density at radius 2 is 1.96 bits per heavy atom. The molecule has 0 bridgehead atoms. The van der Waals surface area contributed by atoms with E-state index in [0.29, 0.717) is 0 Å². The van der Waals surface area contributed by atoms with Crippen molar-refractivity contribution in [2.24, 2.45) is 0 Å². The van der Waals surface area contributed by atoms with Crippen molar-refractivity contribution >= 4 is 33.4 Å². The number of likely N-dealkylation sites (N-methyl/N-ethyl adjacent to an activating group) is 1. The zero-order valence-corrected chi connectivity index (χ0v) is 15.7. The lowest BCUT2D eigenvalue weighted by Gasteiger charge is -2.45. The first-order chi connectivity index (χ1) is 11.8. The number of hydrogen-bond donors (Lipinski definition) is 0. The van der Waals surface area contributed by atoms with Crippen LogP contribution in [0.5, 0.6) is 5.75 Å². The van der Waals surface area contributed by atoms with Gasteiger partial charge in [0, 0.05) is 34.9 Å². The molecular weight excluding hydrogens is 384 g/mol. The molecule has 0 fully saturated rings. The van der Waals surface area contributed by atoms with Crippen LogP contribution in [0, 0.1) is 10.1 Å². The molecule has 4 rings (SSSR count). The van der Waals surface area contributed by atoms with Gasteiger partial charge in [0.1, 0.15) is 5.75 Å². The third-order valence-corrected chi connectivity index (χ3v) is 5.84. The zero-order valence-electron chi connectivity index (χ0n) is 14.1. The summed E-state index contributed by atoms with van der Waals surface area (Å²) in [6, 6.07) is 10.9. The third-order valence-electron chi connectivity index (χ3n) is 5.35. The maximum absolute atomic E-state index is 11.2. The van der Waals surface area contributed by atoms with E-state index in [-0.39, 0.29) is 10.6 Å². The van der Waals surface area contributed by atoms with Crippen LogP contribution in [0.4, 0.5) is 11.4 Å². The highest BCUT2D eigenvalue weighted by atomic mass is 79.9. The van der Waals surface area contributed by atoms with Crippen molar-refractivity contribution in [3.05, 3.63) is 68.2 Å². The molecule has 2 aliphatic rings. The minimum atomic E-state index is -0.731. The predicted molar refractivity (Wildman–Crippen MR) is 101 cm³/mol. The highest BCUT2D eigenvalue weighted by Gasteiger charge is 2.58. The molecule has 6 heteroatoms. The van der Waals surface area contributed by atoms with Crippen LogP contribution >= 0.6 is 15.9 Å². The normalized spacial score (nSPS) is 22.5. The number of ether oxygens (including phenoxy) is 1. The summed E-state index contributed by atoms with van der Waals surface area (Å²) in [5, 5.41) is 11.2. The van der Waals surface area contributed by atoms with Gasteiger partial charge in [0.2, 0.25) is 5.72 Å². The maximum Gasteiger partial charge on any atom is 0.269 e. The number of fused-ring (bicyclic) bond motifs is 2. The number of hydrogen-bond acceptors (Lipinski definition) is 4. The van der Waals surface area contributed by atoms with Gasteiger partial charge in [-0.15, -0.1) is 0 Å². The van der Waals surface area contributed by atoms with Crippen molar-refractivity contribution in [2.75, 3.05) is 11.9 Å². The van der Waals surface area contributed by atoms with Crippen LogP contribution in [-0.2, 0) is 5.41 Å². The maximum atomic E-state index is 11.2. The molecule has 1 spiro atoms. The van der Waals surface area contributed by atoms with Crippen molar-refractivity contribution in [3.63, 3.8) is 0 Å². The summed E-state index contributed by atoms with van der Waals surface area (Å²) in [6.07, 6.45) is 4.11. The van der Waals surface area contributed by atoms with E-state index in [2.05, 4.69) is 40.8 Å². The lowest BCUT2D eigenvalue weighted by Crippen LogP contribution is -2.58. The number of non-ortho nitro benzene ring substituents is 1. The molecule has 128 valence electrons. The van der Waals surface area contributed by atoms with Crippen LogP contribution in [0.25, 0.3) is 6.08 Å². The Morgan fingerprint density at radius 1 is 1.20 bits per heavy atom. The second-order valence-electron chi connectivity index (χ2n) is 6.96. The number of anilines is 1. The first-order valence-corrected chi connectivity index (χ1v) is 8.76. The average molecular weight is 401 g/mol. The number of benzene rings is 2. The van der Waals surface area contributed by atoms with Gasteiger partial charge >= 0.3 is 0 Å². The fraction of sp³-hybridized carbons (Fsp3) is 0.263. The van der Waals surface area contributed by atoms with Crippen LogP contribution in [0.15, 0.2) is 46.9 Å². The van der Waals surface area contributed by atoms with Crippen molar-refractivity contribution in [3.8, 4) is 5.75 Å². The number of rotatable bonds is 1. The van der Waals surface area contributed by atoms with Crippen LogP contribution in [0.1, 0.15) is 25.0 Å². The fourth-order valence-corrected chi connectivity index (χ4v) is 4.26. The summed E-state index contributed by atoms with van der Waals surface area (Å²) in [5.41, 5.74) is 1.76. The van der Waals surface area contributed by atoms with Crippen molar-refractivity contribution in [1.82, 2.24) is 0 Å². The lowest BCUT2D eigenvalue weighted by molar-refractivity contribution is -0.384. The van der Waals surface area contributed by atoms with Gasteiger partial charge in [0.25, 0.3) is 5.69 Å². The monoisotopic (exact) mass is 400 g/mol. The van der Waals surface area contributed by atoms with Crippen molar-refractivity contribution in [1.29, 1.82) is 0 Å². The molecule has 0 radical (unpaired) electrons. The van der Waals surface area contributed by atoms with E-state index in [1.807, 2.05) is 31.3 Å². The molecule has 0 saturated heterocycles. The Bertz CT molecular complexity index is 938. The Kier molecular flexibility index (Phi) is 3.28. The van der Waals surface area contributed by atoms with Gasteiger partial charge in [-0.05, 0) is 55.8 Å². The van der Waals surface area contributed by atoms with E-state index >= 15 is 0 Å². The largest absolute Gasteiger partial charge is 0.463 e. The molecule has 5 nitrogen and oxygen atoms in total. The van der Waals surface area contributed by atoms with Crippen molar-refractivity contribution < 1.29 is 9.66 Å². The van der Waals surface area contributed by atoms with Gasteiger partial charge in [-0.25, -0.2) is 0 Å². The molecule has 2 aliphatic heterocycles. The number of halogens is 1. The summed E-state index contributed by atoms with van der Waals surface area (Å²) >= 11 is 3.48. The average Bonchev–Trinajstić information content (AvgIpc) is 2.74. The van der Waals surface area contributed by atoms with E-state index in [9.17, 15) is 10.1 Å². The summed E-state index contributed by atoms with van der Waals surface area (Å²) in [7, 11) is 1.97. The summed E-state index contributed by atoms with van der Waals surface area (Å²) in [5.74, 6) is 0.799. The lowest BCUT2D eigenvalue weighted by atomic mass is 9.76. The van der Waals surface area contributed by atoms with Gasteiger partial charge in [0.05, 0.1) is 10.3 Å². The molecule has 0 N–H and O–H groups in total. The Hall–Kier alpha value is -2.34. The summed E-state index contributed by atoms with van der Waals surface area (Å²) in [4.78, 5) is 12.9. The quantitative estimate of drug-likeness (QED) is 0.505. The molecule has 0 aliphatic carbocycles. The van der Waals surface area contributed by atoms with Crippen molar-refractivity contribution in [2.45, 2.75) is 25.0 Å². The summed E-state index contributed by atoms with van der Waals surface area (Å²) in [6.45, 7) is 4.13. The first kappa shape index (κ1) is 16.1. The minimum absolute atomic E-state index is 0.0985.